The van der Waals surface area contributed by atoms with Crippen molar-refractivity contribution in [2.24, 2.45) is 5.73 Å². The predicted molar refractivity (Wildman–Crippen MR) is 76.1 cm³/mol. The molecule has 0 bridgehead atoms. The molecule has 0 saturated heterocycles. The van der Waals surface area contributed by atoms with E-state index in [0.717, 1.165) is 12.2 Å². The van der Waals surface area contributed by atoms with Gasteiger partial charge in [-0.1, -0.05) is 25.7 Å². The van der Waals surface area contributed by atoms with E-state index in [4.69, 9.17) is 5.73 Å². The zero-order valence-corrected chi connectivity index (χ0v) is 12.0. The lowest BCUT2D eigenvalue weighted by Crippen LogP contribution is -2.29. The van der Waals surface area contributed by atoms with E-state index < -0.39 is 0 Å². The van der Waals surface area contributed by atoms with Gasteiger partial charge in [0.1, 0.15) is 11.6 Å². The van der Waals surface area contributed by atoms with E-state index in [-0.39, 0.29) is 0 Å². The van der Waals surface area contributed by atoms with Crippen molar-refractivity contribution in [1.82, 2.24) is 14.8 Å². The molecule has 0 aliphatic heterocycles. The Hall–Kier alpha value is -0.900. The largest absolute Gasteiger partial charge is 0.328 e. The molecule has 2 aliphatic rings. The van der Waals surface area contributed by atoms with Gasteiger partial charge in [0.15, 0.2) is 0 Å². The summed E-state index contributed by atoms with van der Waals surface area (Å²) in [6, 6.07) is 0.993. The zero-order chi connectivity index (χ0) is 13.2. The highest BCUT2D eigenvalue weighted by molar-refractivity contribution is 5.06. The van der Waals surface area contributed by atoms with Crippen LogP contribution in [-0.2, 0) is 0 Å². The van der Waals surface area contributed by atoms with Crippen LogP contribution in [0.25, 0.3) is 0 Å². The van der Waals surface area contributed by atoms with Gasteiger partial charge in [-0.05, 0) is 39.0 Å². The van der Waals surface area contributed by atoms with Gasteiger partial charge < -0.3 is 10.3 Å². The fourth-order valence-corrected chi connectivity index (χ4v) is 3.92. The highest BCUT2D eigenvalue weighted by Crippen LogP contribution is 2.36. The first-order chi connectivity index (χ1) is 9.25. The number of hydrogen-bond donors (Lipinski definition) is 1. The lowest BCUT2D eigenvalue weighted by atomic mass is 9.85. The molecule has 0 spiro atoms. The predicted octanol–water partition coefficient (Wildman–Crippen LogP) is 3.08. The van der Waals surface area contributed by atoms with Crippen LogP contribution in [0.1, 0.15) is 81.4 Å². The SMILES string of the molecule is Cc1nnc(C2CCCC(N)C2)n1C1CCCCC1. The molecule has 3 rings (SSSR count). The van der Waals surface area contributed by atoms with Crippen molar-refractivity contribution in [3.05, 3.63) is 11.6 Å². The van der Waals surface area contributed by atoms with E-state index in [9.17, 15) is 0 Å². The summed E-state index contributed by atoms with van der Waals surface area (Å²) in [5, 5.41) is 8.87. The van der Waals surface area contributed by atoms with E-state index >= 15 is 0 Å². The topological polar surface area (TPSA) is 56.7 Å². The summed E-state index contributed by atoms with van der Waals surface area (Å²) in [5.41, 5.74) is 6.14. The smallest absolute Gasteiger partial charge is 0.136 e. The number of rotatable bonds is 2. The van der Waals surface area contributed by atoms with Crippen LogP contribution >= 0.6 is 0 Å². The maximum atomic E-state index is 6.14. The normalized spacial score (nSPS) is 29.6. The molecule has 1 aromatic heterocycles. The molecule has 2 N–H and O–H groups in total. The summed E-state index contributed by atoms with van der Waals surface area (Å²) in [4.78, 5) is 0. The summed E-state index contributed by atoms with van der Waals surface area (Å²) >= 11 is 0. The standard InChI is InChI=1S/C15H26N4/c1-11-17-18-15(12-6-5-7-13(16)10-12)19(11)14-8-3-2-4-9-14/h12-14H,2-10,16H2,1H3. The molecule has 2 aliphatic carbocycles. The van der Waals surface area contributed by atoms with Crippen LogP contribution in [0.4, 0.5) is 0 Å². The maximum absolute atomic E-state index is 6.14. The third-order valence-electron chi connectivity index (χ3n) is 4.91. The minimum Gasteiger partial charge on any atom is -0.328 e. The average Bonchev–Trinajstić information content (AvgIpc) is 2.82. The number of hydrogen-bond acceptors (Lipinski definition) is 3. The Morgan fingerprint density at radius 2 is 1.79 bits per heavy atom. The Morgan fingerprint density at radius 3 is 2.53 bits per heavy atom. The lowest BCUT2D eigenvalue weighted by Gasteiger charge is -2.30. The van der Waals surface area contributed by atoms with Crippen LogP contribution in [0.15, 0.2) is 0 Å². The van der Waals surface area contributed by atoms with Crippen molar-refractivity contribution in [3.8, 4) is 0 Å². The molecule has 106 valence electrons. The average molecular weight is 262 g/mol. The fourth-order valence-electron chi connectivity index (χ4n) is 3.92. The van der Waals surface area contributed by atoms with Gasteiger partial charge in [0, 0.05) is 18.0 Å². The Morgan fingerprint density at radius 1 is 1.00 bits per heavy atom. The van der Waals surface area contributed by atoms with E-state index in [1.807, 2.05) is 0 Å². The van der Waals surface area contributed by atoms with Gasteiger partial charge in [-0.3, -0.25) is 0 Å². The van der Waals surface area contributed by atoms with E-state index in [1.54, 1.807) is 0 Å². The second-order valence-electron chi connectivity index (χ2n) is 6.39. The number of nitrogens with zero attached hydrogens (tertiary/aromatic N) is 3. The molecular weight excluding hydrogens is 236 g/mol. The summed E-state index contributed by atoms with van der Waals surface area (Å²) in [5.74, 6) is 2.85. The van der Waals surface area contributed by atoms with Gasteiger partial charge in [0.05, 0.1) is 0 Å². The van der Waals surface area contributed by atoms with Crippen molar-refractivity contribution in [2.75, 3.05) is 0 Å². The van der Waals surface area contributed by atoms with E-state index in [2.05, 4.69) is 21.7 Å². The Bertz CT molecular complexity index is 420. The Balaban J connectivity index is 1.84. The molecular formula is C15H26N4. The molecule has 1 heterocycles. The summed E-state index contributed by atoms with van der Waals surface area (Å²) in [6.07, 6.45) is 11.4. The highest BCUT2D eigenvalue weighted by atomic mass is 15.3. The number of nitrogens with two attached hydrogens (primary N) is 1. The molecule has 2 saturated carbocycles. The Kier molecular flexibility index (Phi) is 3.87. The van der Waals surface area contributed by atoms with Gasteiger partial charge in [-0.2, -0.15) is 0 Å². The molecule has 2 fully saturated rings. The van der Waals surface area contributed by atoms with Gasteiger partial charge in [0.25, 0.3) is 0 Å². The first kappa shape index (κ1) is 13.1. The summed E-state index contributed by atoms with van der Waals surface area (Å²) < 4.78 is 2.45. The molecule has 2 unspecified atom stereocenters. The summed E-state index contributed by atoms with van der Waals surface area (Å²) in [7, 11) is 0. The minimum atomic E-state index is 0.357. The maximum Gasteiger partial charge on any atom is 0.136 e. The fraction of sp³-hybridized carbons (Fsp3) is 0.867. The molecule has 1 aromatic rings. The van der Waals surface area contributed by atoms with E-state index in [1.165, 1.54) is 57.2 Å². The van der Waals surface area contributed by atoms with Crippen molar-refractivity contribution >= 4 is 0 Å². The Labute approximate surface area is 115 Å². The van der Waals surface area contributed by atoms with Crippen LogP contribution in [0.5, 0.6) is 0 Å². The summed E-state index contributed by atoms with van der Waals surface area (Å²) in [6.45, 7) is 2.11. The quantitative estimate of drug-likeness (QED) is 0.891. The van der Waals surface area contributed by atoms with Crippen LogP contribution < -0.4 is 5.73 Å². The van der Waals surface area contributed by atoms with Crippen molar-refractivity contribution in [2.45, 2.75) is 82.7 Å². The monoisotopic (exact) mass is 262 g/mol. The van der Waals surface area contributed by atoms with Crippen LogP contribution in [0, 0.1) is 6.92 Å². The first-order valence-corrected chi connectivity index (χ1v) is 7.92. The molecule has 0 amide bonds. The second kappa shape index (κ2) is 5.61. The van der Waals surface area contributed by atoms with E-state index in [0.29, 0.717) is 18.0 Å². The highest BCUT2D eigenvalue weighted by Gasteiger charge is 2.28. The molecule has 0 radical (unpaired) electrons. The lowest BCUT2D eigenvalue weighted by molar-refractivity contribution is 0.316. The van der Waals surface area contributed by atoms with Gasteiger partial charge in [0.2, 0.25) is 0 Å². The van der Waals surface area contributed by atoms with Crippen LogP contribution in [-0.4, -0.2) is 20.8 Å². The first-order valence-electron chi connectivity index (χ1n) is 7.92. The van der Waals surface area contributed by atoms with Gasteiger partial charge >= 0.3 is 0 Å². The van der Waals surface area contributed by atoms with Crippen molar-refractivity contribution in [3.63, 3.8) is 0 Å². The van der Waals surface area contributed by atoms with Gasteiger partial charge in [-0.25, -0.2) is 0 Å². The molecule has 4 heteroatoms. The molecule has 0 aromatic carbocycles. The molecule has 19 heavy (non-hydrogen) atoms. The molecule has 2 atom stereocenters. The van der Waals surface area contributed by atoms with Crippen molar-refractivity contribution < 1.29 is 0 Å². The number of aromatic nitrogens is 3. The van der Waals surface area contributed by atoms with Crippen molar-refractivity contribution in [1.29, 1.82) is 0 Å². The van der Waals surface area contributed by atoms with Gasteiger partial charge in [-0.15, -0.1) is 10.2 Å². The third kappa shape index (κ3) is 2.69. The number of aryl methyl sites for hydroxylation is 1. The third-order valence-corrected chi connectivity index (χ3v) is 4.91. The molecule has 4 nitrogen and oxygen atoms in total. The minimum absolute atomic E-state index is 0.357. The zero-order valence-electron chi connectivity index (χ0n) is 12.0. The van der Waals surface area contributed by atoms with Crippen LogP contribution in [0.3, 0.4) is 0 Å². The second-order valence-corrected chi connectivity index (χ2v) is 6.39. The van der Waals surface area contributed by atoms with Crippen LogP contribution in [0.2, 0.25) is 0 Å².